The molecule has 0 aromatic carbocycles. The fourth-order valence-electron chi connectivity index (χ4n) is 1.15. The quantitative estimate of drug-likeness (QED) is 0.583. The fraction of sp³-hybridized carbons (Fsp3) is 0.444. The number of aryl methyl sites for hydroxylation is 1. The van der Waals surface area contributed by atoms with Gasteiger partial charge in [0.1, 0.15) is 0 Å². The zero-order valence-corrected chi connectivity index (χ0v) is 9.61. The number of aromatic nitrogens is 1. The van der Waals surface area contributed by atoms with Crippen molar-refractivity contribution < 1.29 is 0 Å². The maximum Gasteiger partial charge on any atom is 0.154 e. The van der Waals surface area contributed by atoms with Gasteiger partial charge in [-0.2, -0.15) is 0 Å². The molecule has 0 radical (unpaired) electrons. The summed E-state index contributed by atoms with van der Waals surface area (Å²) < 4.78 is 0. The molecule has 0 unspecified atom stereocenters. The number of halogens is 1. The van der Waals surface area contributed by atoms with Crippen LogP contribution >= 0.6 is 11.6 Å². The SMILES string of the molecule is Cc1nc(Cl)c(N)c(NN(C)C)c1C. The fourth-order valence-corrected chi connectivity index (χ4v) is 1.37. The lowest BCUT2D eigenvalue weighted by atomic mass is 10.2. The molecule has 0 fully saturated rings. The van der Waals surface area contributed by atoms with E-state index >= 15 is 0 Å². The minimum Gasteiger partial charge on any atom is -0.394 e. The Hall–Kier alpha value is -1.00. The third kappa shape index (κ3) is 2.08. The maximum atomic E-state index is 5.88. The van der Waals surface area contributed by atoms with Crippen LogP contribution < -0.4 is 11.2 Å². The minimum atomic E-state index is 0.345. The normalized spacial score (nSPS) is 10.7. The number of hydrogen-bond acceptors (Lipinski definition) is 4. The van der Waals surface area contributed by atoms with Crippen molar-refractivity contribution in [1.82, 2.24) is 9.99 Å². The van der Waals surface area contributed by atoms with Crippen molar-refractivity contribution in [1.29, 1.82) is 0 Å². The smallest absolute Gasteiger partial charge is 0.154 e. The third-order valence-corrected chi connectivity index (χ3v) is 2.30. The van der Waals surface area contributed by atoms with Gasteiger partial charge in [0.2, 0.25) is 0 Å². The van der Waals surface area contributed by atoms with Crippen molar-refractivity contribution in [2.24, 2.45) is 0 Å². The standard InChI is InChI=1S/C9H15ClN4/c1-5-6(2)12-9(10)7(11)8(5)13-14(3)4/h11H2,1-4H3,(H,12,13). The molecule has 0 amide bonds. The van der Waals surface area contributed by atoms with Crippen LogP contribution in [0, 0.1) is 13.8 Å². The second-order valence-corrected chi connectivity index (χ2v) is 3.77. The highest BCUT2D eigenvalue weighted by atomic mass is 35.5. The molecule has 0 saturated carbocycles. The average Bonchev–Trinajstić information content (AvgIpc) is 2.09. The van der Waals surface area contributed by atoms with Crippen LogP contribution in [0.4, 0.5) is 11.4 Å². The summed E-state index contributed by atoms with van der Waals surface area (Å²) in [6.07, 6.45) is 0. The topological polar surface area (TPSA) is 54.2 Å². The van der Waals surface area contributed by atoms with Crippen LogP contribution in [0.3, 0.4) is 0 Å². The van der Waals surface area contributed by atoms with Gasteiger partial charge in [-0.15, -0.1) is 0 Å². The summed E-state index contributed by atoms with van der Waals surface area (Å²) in [4.78, 5) is 4.12. The van der Waals surface area contributed by atoms with Crippen molar-refractivity contribution in [3.05, 3.63) is 16.4 Å². The molecular formula is C9H15ClN4. The predicted octanol–water partition coefficient (Wildman–Crippen LogP) is 1.82. The van der Waals surface area contributed by atoms with Crippen LogP contribution in [0.1, 0.15) is 11.3 Å². The van der Waals surface area contributed by atoms with Gasteiger partial charge in [-0.1, -0.05) is 11.6 Å². The van der Waals surface area contributed by atoms with Crippen LogP contribution in [0.5, 0.6) is 0 Å². The number of nitrogen functional groups attached to an aromatic ring is 1. The van der Waals surface area contributed by atoms with Crippen molar-refractivity contribution in [3.8, 4) is 0 Å². The second kappa shape index (κ2) is 4.02. The van der Waals surface area contributed by atoms with Gasteiger partial charge in [-0.3, -0.25) is 0 Å². The Morgan fingerprint density at radius 1 is 1.36 bits per heavy atom. The van der Waals surface area contributed by atoms with Crippen molar-refractivity contribution >= 4 is 23.0 Å². The number of hydrazine groups is 1. The van der Waals surface area contributed by atoms with Crippen molar-refractivity contribution in [2.75, 3.05) is 25.3 Å². The minimum absolute atomic E-state index is 0.345. The number of nitrogens with zero attached hydrogens (tertiary/aromatic N) is 2. The van der Waals surface area contributed by atoms with E-state index in [1.165, 1.54) is 0 Å². The predicted molar refractivity (Wildman–Crippen MR) is 60.4 cm³/mol. The summed E-state index contributed by atoms with van der Waals surface area (Å²) >= 11 is 5.88. The van der Waals surface area contributed by atoms with E-state index in [0.717, 1.165) is 16.9 Å². The summed E-state index contributed by atoms with van der Waals surface area (Å²) in [5.41, 5.74) is 12.1. The second-order valence-electron chi connectivity index (χ2n) is 3.41. The number of pyridine rings is 1. The van der Waals surface area contributed by atoms with Crippen LogP contribution in [0.15, 0.2) is 0 Å². The Bertz CT molecular complexity index is 323. The van der Waals surface area contributed by atoms with E-state index in [4.69, 9.17) is 17.3 Å². The third-order valence-electron chi connectivity index (χ3n) is 2.01. The summed E-state index contributed by atoms with van der Waals surface area (Å²) in [6, 6.07) is 0. The van der Waals surface area contributed by atoms with Crippen molar-refractivity contribution in [3.63, 3.8) is 0 Å². The molecule has 0 aliphatic heterocycles. The van der Waals surface area contributed by atoms with Gasteiger partial charge in [0, 0.05) is 19.8 Å². The van der Waals surface area contributed by atoms with E-state index < -0.39 is 0 Å². The Morgan fingerprint density at radius 3 is 2.43 bits per heavy atom. The Kier molecular flexibility index (Phi) is 3.18. The highest BCUT2D eigenvalue weighted by Crippen LogP contribution is 2.30. The van der Waals surface area contributed by atoms with Gasteiger partial charge in [0.25, 0.3) is 0 Å². The van der Waals surface area contributed by atoms with Gasteiger partial charge in [0.05, 0.1) is 11.4 Å². The molecule has 0 spiro atoms. The van der Waals surface area contributed by atoms with Crippen LogP contribution in [-0.4, -0.2) is 24.1 Å². The van der Waals surface area contributed by atoms with E-state index in [0.29, 0.717) is 10.8 Å². The van der Waals surface area contributed by atoms with E-state index in [1.807, 2.05) is 33.0 Å². The van der Waals surface area contributed by atoms with Gasteiger partial charge < -0.3 is 11.2 Å². The largest absolute Gasteiger partial charge is 0.394 e. The molecule has 1 aromatic heterocycles. The molecule has 1 heterocycles. The first kappa shape index (κ1) is 11.1. The highest BCUT2D eigenvalue weighted by molar-refractivity contribution is 6.32. The molecule has 1 aromatic rings. The van der Waals surface area contributed by atoms with E-state index in [1.54, 1.807) is 0 Å². The molecule has 1 rings (SSSR count). The van der Waals surface area contributed by atoms with E-state index in [-0.39, 0.29) is 0 Å². The summed E-state index contributed by atoms with van der Waals surface area (Å²) in [5.74, 6) is 0. The molecule has 0 saturated heterocycles. The zero-order chi connectivity index (χ0) is 10.9. The van der Waals surface area contributed by atoms with Gasteiger partial charge in [-0.05, 0) is 19.4 Å². The Labute approximate surface area is 89.0 Å². The van der Waals surface area contributed by atoms with Gasteiger partial charge >= 0.3 is 0 Å². The Balaban J connectivity index is 3.25. The summed E-state index contributed by atoms with van der Waals surface area (Å²) in [5, 5.41) is 2.16. The first-order valence-corrected chi connectivity index (χ1v) is 4.67. The molecule has 4 nitrogen and oxygen atoms in total. The molecule has 0 bridgehead atoms. The molecule has 3 N–H and O–H groups in total. The lowest BCUT2D eigenvalue weighted by Crippen LogP contribution is -2.21. The molecule has 0 aliphatic carbocycles. The first-order valence-electron chi connectivity index (χ1n) is 4.29. The van der Waals surface area contributed by atoms with E-state index in [9.17, 15) is 0 Å². The zero-order valence-electron chi connectivity index (χ0n) is 8.85. The van der Waals surface area contributed by atoms with Gasteiger partial charge in [-0.25, -0.2) is 9.99 Å². The number of hydrogen-bond donors (Lipinski definition) is 2. The van der Waals surface area contributed by atoms with Crippen LogP contribution in [0.2, 0.25) is 5.15 Å². The maximum absolute atomic E-state index is 5.88. The summed E-state index contributed by atoms with van der Waals surface area (Å²) in [6.45, 7) is 3.86. The number of rotatable bonds is 2. The summed E-state index contributed by atoms with van der Waals surface area (Å²) in [7, 11) is 3.78. The average molecular weight is 215 g/mol. The number of nitrogens with one attached hydrogen (secondary N) is 1. The van der Waals surface area contributed by atoms with Crippen LogP contribution in [-0.2, 0) is 0 Å². The monoisotopic (exact) mass is 214 g/mol. The number of nitrogens with two attached hydrogens (primary N) is 1. The lowest BCUT2D eigenvalue weighted by molar-refractivity contribution is 0.495. The molecular weight excluding hydrogens is 200 g/mol. The Morgan fingerprint density at radius 2 is 1.93 bits per heavy atom. The highest BCUT2D eigenvalue weighted by Gasteiger charge is 2.11. The van der Waals surface area contributed by atoms with E-state index in [2.05, 4.69) is 10.4 Å². The van der Waals surface area contributed by atoms with Crippen LogP contribution in [0.25, 0.3) is 0 Å². The molecule has 0 atom stereocenters. The van der Waals surface area contributed by atoms with Gasteiger partial charge in [0.15, 0.2) is 5.15 Å². The molecule has 0 aliphatic rings. The number of anilines is 2. The molecule has 5 heteroatoms. The first-order chi connectivity index (χ1) is 6.43. The lowest BCUT2D eigenvalue weighted by Gasteiger charge is -2.19. The van der Waals surface area contributed by atoms with Crippen molar-refractivity contribution in [2.45, 2.75) is 13.8 Å². The molecule has 14 heavy (non-hydrogen) atoms. The molecule has 78 valence electrons.